The molecule has 0 bridgehead atoms. The second-order valence-corrected chi connectivity index (χ2v) is 7.10. The summed E-state index contributed by atoms with van der Waals surface area (Å²) in [6.45, 7) is 7.43. The molecule has 0 amide bonds. The number of allylic oxidation sites excluding steroid dienone is 3. The molecule has 0 aromatic rings. The predicted octanol–water partition coefficient (Wildman–Crippen LogP) is 5.84. The SMILES string of the molecule is CCC(C)C1C=CC(OC(C)OCCC2CCCCC2)=CC1. The smallest absolute Gasteiger partial charge is 0.196 e. The van der Waals surface area contributed by atoms with Crippen LogP contribution in [-0.4, -0.2) is 12.9 Å². The summed E-state index contributed by atoms with van der Waals surface area (Å²) in [6, 6.07) is 0. The Morgan fingerprint density at radius 1 is 1.18 bits per heavy atom. The molecule has 0 saturated heterocycles. The van der Waals surface area contributed by atoms with E-state index in [1.165, 1.54) is 44.9 Å². The molecule has 0 aromatic carbocycles. The van der Waals surface area contributed by atoms with E-state index in [4.69, 9.17) is 9.47 Å². The van der Waals surface area contributed by atoms with Crippen LogP contribution in [0.3, 0.4) is 0 Å². The fourth-order valence-electron chi connectivity index (χ4n) is 3.53. The Morgan fingerprint density at radius 3 is 2.59 bits per heavy atom. The van der Waals surface area contributed by atoms with Crippen molar-refractivity contribution >= 4 is 0 Å². The molecule has 1 saturated carbocycles. The van der Waals surface area contributed by atoms with Crippen molar-refractivity contribution in [3.63, 3.8) is 0 Å². The highest BCUT2D eigenvalue weighted by Crippen LogP contribution is 2.28. The minimum atomic E-state index is -0.139. The second kappa shape index (κ2) is 9.39. The van der Waals surface area contributed by atoms with Crippen LogP contribution in [0.25, 0.3) is 0 Å². The van der Waals surface area contributed by atoms with Gasteiger partial charge in [0.05, 0.1) is 6.61 Å². The van der Waals surface area contributed by atoms with Crippen molar-refractivity contribution in [2.45, 2.75) is 78.4 Å². The molecule has 0 heterocycles. The Kier molecular flexibility index (Phi) is 7.51. The van der Waals surface area contributed by atoms with Gasteiger partial charge in [0.2, 0.25) is 0 Å². The molecule has 2 nitrogen and oxygen atoms in total. The van der Waals surface area contributed by atoms with E-state index >= 15 is 0 Å². The van der Waals surface area contributed by atoms with Crippen LogP contribution in [0.15, 0.2) is 24.0 Å². The van der Waals surface area contributed by atoms with Gasteiger partial charge in [0.1, 0.15) is 5.76 Å². The first-order valence-electron chi connectivity index (χ1n) is 9.35. The molecule has 2 rings (SSSR count). The quantitative estimate of drug-likeness (QED) is 0.524. The summed E-state index contributed by atoms with van der Waals surface area (Å²) in [6.07, 6.45) is 17.1. The van der Waals surface area contributed by atoms with E-state index in [1.807, 2.05) is 6.92 Å². The van der Waals surface area contributed by atoms with Gasteiger partial charge in [-0.3, -0.25) is 0 Å². The summed E-state index contributed by atoms with van der Waals surface area (Å²) in [7, 11) is 0. The maximum Gasteiger partial charge on any atom is 0.196 e. The zero-order valence-corrected chi connectivity index (χ0v) is 14.7. The monoisotopic (exact) mass is 306 g/mol. The summed E-state index contributed by atoms with van der Waals surface area (Å²) in [4.78, 5) is 0. The Balaban J connectivity index is 1.62. The van der Waals surface area contributed by atoms with Gasteiger partial charge in [-0.25, -0.2) is 0 Å². The van der Waals surface area contributed by atoms with Gasteiger partial charge < -0.3 is 9.47 Å². The molecule has 0 N–H and O–H groups in total. The van der Waals surface area contributed by atoms with E-state index in [2.05, 4.69) is 32.1 Å². The molecule has 0 spiro atoms. The largest absolute Gasteiger partial charge is 0.466 e. The average Bonchev–Trinajstić information content (AvgIpc) is 2.56. The normalized spacial score (nSPS) is 25.6. The molecule has 3 atom stereocenters. The minimum absolute atomic E-state index is 0.139. The third-order valence-corrected chi connectivity index (χ3v) is 5.38. The van der Waals surface area contributed by atoms with Gasteiger partial charge in [0.25, 0.3) is 0 Å². The molecule has 0 aromatic heterocycles. The van der Waals surface area contributed by atoms with Crippen molar-refractivity contribution in [3.8, 4) is 0 Å². The van der Waals surface area contributed by atoms with E-state index < -0.39 is 0 Å². The van der Waals surface area contributed by atoms with E-state index in [0.29, 0.717) is 5.92 Å². The van der Waals surface area contributed by atoms with Crippen molar-refractivity contribution in [1.82, 2.24) is 0 Å². The molecule has 2 heteroatoms. The van der Waals surface area contributed by atoms with Crippen molar-refractivity contribution in [2.24, 2.45) is 17.8 Å². The van der Waals surface area contributed by atoms with Crippen LogP contribution < -0.4 is 0 Å². The molecular weight excluding hydrogens is 272 g/mol. The van der Waals surface area contributed by atoms with E-state index in [-0.39, 0.29) is 6.29 Å². The van der Waals surface area contributed by atoms with Gasteiger partial charge >= 0.3 is 0 Å². The van der Waals surface area contributed by atoms with Gasteiger partial charge in [-0.2, -0.15) is 0 Å². The lowest BCUT2D eigenvalue weighted by Gasteiger charge is -2.24. The van der Waals surface area contributed by atoms with Crippen molar-refractivity contribution in [1.29, 1.82) is 0 Å². The highest BCUT2D eigenvalue weighted by molar-refractivity contribution is 5.18. The first-order valence-corrected chi connectivity index (χ1v) is 9.35. The van der Waals surface area contributed by atoms with Crippen LogP contribution in [0.5, 0.6) is 0 Å². The third kappa shape index (κ3) is 5.79. The van der Waals surface area contributed by atoms with E-state index in [0.717, 1.165) is 30.6 Å². The summed E-state index contributed by atoms with van der Waals surface area (Å²) in [5, 5.41) is 0. The van der Waals surface area contributed by atoms with Crippen molar-refractivity contribution in [3.05, 3.63) is 24.0 Å². The lowest BCUT2D eigenvalue weighted by molar-refractivity contribution is -0.104. The summed E-state index contributed by atoms with van der Waals surface area (Å²) < 4.78 is 11.7. The number of rotatable bonds is 8. The fourth-order valence-corrected chi connectivity index (χ4v) is 3.53. The summed E-state index contributed by atoms with van der Waals surface area (Å²) in [5.41, 5.74) is 0. The first-order chi connectivity index (χ1) is 10.7. The zero-order chi connectivity index (χ0) is 15.8. The van der Waals surface area contributed by atoms with Crippen molar-refractivity contribution in [2.75, 3.05) is 6.61 Å². The van der Waals surface area contributed by atoms with Crippen LogP contribution in [0, 0.1) is 17.8 Å². The van der Waals surface area contributed by atoms with Gasteiger partial charge in [-0.15, -0.1) is 0 Å². The summed E-state index contributed by atoms with van der Waals surface area (Å²) in [5.74, 6) is 3.27. The minimum Gasteiger partial charge on any atom is -0.466 e. The Bertz CT molecular complexity index is 366. The second-order valence-electron chi connectivity index (χ2n) is 7.10. The lowest BCUT2D eigenvalue weighted by atomic mass is 9.86. The number of hydrogen-bond donors (Lipinski definition) is 0. The highest BCUT2D eigenvalue weighted by atomic mass is 16.7. The van der Waals surface area contributed by atoms with Crippen molar-refractivity contribution < 1.29 is 9.47 Å². The standard InChI is InChI=1S/C20H34O2/c1-4-16(2)19-10-12-20(13-11-19)22-17(3)21-15-14-18-8-6-5-7-9-18/h10,12-13,16-19H,4-9,11,14-15H2,1-3H3. The van der Waals surface area contributed by atoms with Gasteiger partial charge in [-0.05, 0) is 49.7 Å². The van der Waals surface area contributed by atoms with Crippen LogP contribution in [-0.2, 0) is 9.47 Å². The van der Waals surface area contributed by atoms with Crippen LogP contribution in [0.1, 0.15) is 72.1 Å². The molecule has 1 fully saturated rings. The fraction of sp³-hybridized carbons (Fsp3) is 0.800. The maximum atomic E-state index is 5.89. The Labute approximate surface area is 137 Å². The van der Waals surface area contributed by atoms with E-state index in [1.54, 1.807) is 0 Å². The molecule has 3 unspecified atom stereocenters. The molecular formula is C20H34O2. The van der Waals surface area contributed by atoms with Crippen LogP contribution in [0.4, 0.5) is 0 Å². The van der Waals surface area contributed by atoms with Crippen LogP contribution >= 0.6 is 0 Å². The Hall–Kier alpha value is -0.760. The van der Waals surface area contributed by atoms with Gasteiger partial charge in [0, 0.05) is 0 Å². The molecule has 22 heavy (non-hydrogen) atoms. The topological polar surface area (TPSA) is 18.5 Å². The van der Waals surface area contributed by atoms with E-state index in [9.17, 15) is 0 Å². The lowest BCUT2D eigenvalue weighted by Crippen LogP contribution is -2.17. The maximum absolute atomic E-state index is 5.89. The highest BCUT2D eigenvalue weighted by Gasteiger charge is 2.17. The Morgan fingerprint density at radius 2 is 1.95 bits per heavy atom. The average molecular weight is 306 g/mol. The first kappa shape index (κ1) is 17.6. The molecule has 2 aliphatic carbocycles. The molecule has 2 aliphatic rings. The predicted molar refractivity (Wildman–Crippen MR) is 92.5 cm³/mol. The molecule has 0 radical (unpaired) electrons. The van der Waals surface area contributed by atoms with Gasteiger partial charge in [-0.1, -0.05) is 58.4 Å². The number of hydrogen-bond acceptors (Lipinski definition) is 2. The zero-order valence-electron chi connectivity index (χ0n) is 14.7. The van der Waals surface area contributed by atoms with Crippen LogP contribution in [0.2, 0.25) is 0 Å². The number of ether oxygens (including phenoxy) is 2. The third-order valence-electron chi connectivity index (χ3n) is 5.38. The molecule has 0 aliphatic heterocycles. The van der Waals surface area contributed by atoms with Gasteiger partial charge in [0.15, 0.2) is 6.29 Å². The molecule has 126 valence electrons. The summed E-state index contributed by atoms with van der Waals surface area (Å²) >= 11 is 0.